The van der Waals surface area contributed by atoms with E-state index in [-0.39, 0.29) is 11.9 Å². The number of unbranched alkanes of at least 4 members (excludes halogenated alkanes) is 6. The van der Waals surface area contributed by atoms with Crippen molar-refractivity contribution in [1.82, 2.24) is 0 Å². The molecule has 3 aromatic rings. The first kappa shape index (κ1) is 25.0. The van der Waals surface area contributed by atoms with E-state index in [1.54, 1.807) is 30.3 Å². The molecule has 0 aliphatic carbocycles. The molecule has 34 heavy (non-hydrogen) atoms. The molecule has 0 N–H and O–H groups in total. The minimum atomic E-state index is -0.388. The van der Waals surface area contributed by atoms with Crippen molar-refractivity contribution in [2.75, 3.05) is 13.2 Å². The second-order valence-electron chi connectivity index (χ2n) is 8.12. The van der Waals surface area contributed by atoms with Crippen LogP contribution in [0.4, 0.5) is 0 Å². The maximum Gasteiger partial charge on any atom is 0.343 e. The number of hydrogen-bond acceptors (Lipinski definition) is 5. The number of rotatable bonds is 14. The van der Waals surface area contributed by atoms with Crippen molar-refractivity contribution in [2.45, 2.75) is 44.9 Å². The number of hydrogen-bond donors (Lipinski definition) is 0. The Bertz CT molecular complexity index is 1070. The lowest BCUT2D eigenvalue weighted by Gasteiger charge is -2.08. The Morgan fingerprint density at radius 3 is 2.03 bits per heavy atom. The fourth-order valence-electron chi connectivity index (χ4n) is 3.59. The van der Waals surface area contributed by atoms with Crippen LogP contribution in [-0.2, 0) is 9.53 Å². The van der Waals surface area contributed by atoms with Gasteiger partial charge in [-0.05, 0) is 60.0 Å². The van der Waals surface area contributed by atoms with Crippen LogP contribution in [0.3, 0.4) is 0 Å². The van der Waals surface area contributed by atoms with E-state index in [2.05, 4.69) is 6.58 Å². The monoisotopic (exact) mass is 460 g/mol. The van der Waals surface area contributed by atoms with Crippen LogP contribution in [0.15, 0.2) is 79.4 Å². The molecule has 0 unspecified atom stereocenters. The molecule has 0 spiro atoms. The number of ether oxygens (including phenoxy) is 3. The van der Waals surface area contributed by atoms with Crippen LogP contribution < -0.4 is 9.47 Å². The second kappa shape index (κ2) is 13.8. The molecule has 0 radical (unpaired) electrons. The quantitative estimate of drug-likeness (QED) is 0.113. The molecule has 178 valence electrons. The molecule has 0 aromatic heterocycles. The zero-order chi connectivity index (χ0) is 24.0. The van der Waals surface area contributed by atoms with Crippen LogP contribution in [0, 0.1) is 0 Å². The Morgan fingerprint density at radius 2 is 1.32 bits per heavy atom. The van der Waals surface area contributed by atoms with Crippen molar-refractivity contribution in [2.24, 2.45) is 0 Å². The zero-order valence-electron chi connectivity index (χ0n) is 19.5. The number of esters is 2. The zero-order valence-corrected chi connectivity index (χ0v) is 19.5. The standard InChI is InChI=1S/C29H32O5/c1-2-28(30)33-21-11-7-5-3-4-6-10-20-32-26-17-15-24(16-18-26)29(31)34-27-19-14-23-12-8-9-13-25(23)22-27/h2,8-9,12-19,22H,1,3-7,10-11,20-21H2. The molecular weight excluding hydrogens is 428 g/mol. The molecule has 0 saturated heterocycles. The highest BCUT2D eigenvalue weighted by Gasteiger charge is 2.09. The lowest BCUT2D eigenvalue weighted by atomic mass is 10.1. The molecule has 0 aliphatic rings. The molecule has 0 fully saturated rings. The van der Waals surface area contributed by atoms with E-state index < -0.39 is 0 Å². The van der Waals surface area contributed by atoms with Gasteiger partial charge in [0.15, 0.2) is 0 Å². The van der Waals surface area contributed by atoms with Gasteiger partial charge in [0, 0.05) is 6.08 Å². The van der Waals surface area contributed by atoms with Crippen molar-refractivity contribution in [3.05, 3.63) is 84.9 Å². The van der Waals surface area contributed by atoms with Crippen molar-refractivity contribution in [1.29, 1.82) is 0 Å². The molecule has 0 saturated carbocycles. The van der Waals surface area contributed by atoms with E-state index in [1.165, 1.54) is 12.5 Å². The van der Waals surface area contributed by atoms with E-state index >= 15 is 0 Å². The molecule has 5 heteroatoms. The van der Waals surface area contributed by atoms with Gasteiger partial charge in [-0.15, -0.1) is 0 Å². The summed E-state index contributed by atoms with van der Waals surface area (Å²) in [6.07, 6.45) is 8.73. The number of carbonyl (C=O) groups is 2. The third-order valence-electron chi connectivity index (χ3n) is 5.49. The summed E-state index contributed by atoms with van der Waals surface area (Å²) in [4.78, 5) is 23.4. The summed E-state index contributed by atoms with van der Waals surface area (Å²) in [6, 6.07) is 20.6. The van der Waals surface area contributed by atoms with Gasteiger partial charge in [-0.25, -0.2) is 9.59 Å². The number of benzene rings is 3. The van der Waals surface area contributed by atoms with Gasteiger partial charge in [0.05, 0.1) is 18.8 Å². The highest BCUT2D eigenvalue weighted by molar-refractivity contribution is 5.92. The summed E-state index contributed by atoms with van der Waals surface area (Å²) < 4.78 is 16.3. The number of fused-ring (bicyclic) bond motifs is 1. The lowest BCUT2D eigenvalue weighted by Crippen LogP contribution is -2.08. The smallest absolute Gasteiger partial charge is 0.343 e. The van der Waals surface area contributed by atoms with Gasteiger partial charge in [0.1, 0.15) is 11.5 Å². The average Bonchev–Trinajstić information content (AvgIpc) is 2.87. The summed E-state index contributed by atoms with van der Waals surface area (Å²) in [5.41, 5.74) is 0.486. The Morgan fingerprint density at radius 1 is 0.706 bits per heavy atom. The summed E-state index contributed by atoms with van der Waals surface area (Å²) >= 11 is 0. The fraction of sp³-hybridized carbons (Fsp3) is 0.310. The molecular formula is C29H32O5. The van der Waals surface area contributed by atoms with E-state index in [0.29, 0.717) is 24.5 Å². The maximum absolute atomic E-state index is 12.5. The average molecular weight is 461 g/mol. The van der Waals surface area contributed by atoms with Gasteiger partial charge in [-0.2, -0.15) is 0 Å². The Hall–Kier alpha value is -3.60. The van der Waals surface area contributed by atoms with Crippen LogP contribution in [0.1, 0.15) is 55.3 Å². The predicted octanol–water partition coefficient (Wildman–Crippen LogP) is 6.90. The molecule has 3 rings (SSSR count). The highest BCUT2D eigenvalue weighted by Crippen LogP contribution is 2.22. The van der Waals surface area contributed by atoms with Crippen LogP contribution in [0.5, 0.6) is 11.5 Å². The molecule has 0 aliphatic heterocycles. The first-order valence-electron chi connectivity index (χ1n) is 11.9. The summed E-state index contributed by atoms with van der Waals surface area (Å²) in [5, 5.41) is 2.13. The Balaban J connectivity index is 1.28. The van der Waals surface area contributed by atoms with Gasteiger partial charge in [0.2, 0.25) is 0 Å². The third kappa shape index (κ3) is 8.39. The minimum Gasteiger partial charge on any atom is -0.494 e. The summed E-state index contributed by atoms with van der Waals surface area (Å²) in [7, 11) is 0. The molecule has 0 atom stereocenters. The van der Waals surface area contributed by atoms with Crippen molar-refractivity contribution >= 4 is 22.7 Å². The van der Waals surface area contributed by atoms with Gasteiger partial charge >= 0.3 is 11.9 Å². The third-order valence-corrected chi connectivity index (χ3v) is 5.49. The van der Waals surface area contributed by atoms with Crippen LogP contribution >= 0.6 is 0 Å². The van der Waals surface area contributed by atoms with Crippen molar-refractivity contribution < 1.29 is 23.8 Å². The number of carbonyl (C=O) groups excluding carboxylic acids is 2. The van der Waals surface area contributed by atoms with Gasteiger partial charge in [-0.1, -0.05) is 69.0 Å². The first-order chi connectivity index (χ1) is 16.7. The van der Waals surface area contributed by atoms with E-state index in [1.807, 2.05) is 36.4 Å². The fourth-order valence-corrected chi connectivity index (χ4v) is 3.59. The summed E-state index contributed by atoms with van der Waals surface area (Å²) in [6.45, 7) is 4.49. The van der Waals surface area contributed by atoms with Gasteiger partial charge in [-0.3, -0.25) is 0 Å². The molecule has 0 bridgehead atoms. The second-order valence-corrected chi connectivity index (χ2v) is 8.12. The summed E-state index contributed by atoms with van der Waals surface area (Å²) in [5.74, 6) is 0.535. The van der Waals surface area contributed by atoms with Crippen molar-refractivity contribution in [3.63, 3.8) is 0 Å². The highest BCUT2D eigenvalue weighted by atomic mass is 16.5. The van der Waals surface area contributed by atoms with E-state index in [4.69, 9.17) is 14.2 Å². The van der Waals surface area contributed by atoms with Gasteiger partial charge < -0.3 is 14.2 Å². The van der Waals surface area contributed by atoms with E-state index in [0.717, 1.165) is 55.0 Å². The normalized spacial score (nSPS) is 10.6. The maximum atomic E-state index is 12.5. The largest absolute Gasteiger partial charge is 0.494 e. The van der Waals surface area contributed by atoms with Crippen molar-refractivity contribution in [3.8, 4) is 11.5 Å². The molecule has 0 amide bonds. The Labute approximate surface area is 201 Å². The predicted molar refractivity (Wildman–Crippen MR) is 134 cm³/mol. The first-order valence-corrected chi connectivity index (χ1v) is 11.9. The molecule has 5 nitrogen and oxygen atoms in total. The Kier molecular flexibility index (Phi) is 10.2. The van der Waals surface area contributed by atoms with Crippen LogP contribution in [-0.4, -0.2) is 25.2 Å². The molecule has 3 aromatic carbocycles. The van der Waals surface area contributed by atoms with Crippen LogP contribution in [0.2, 0.25) is 0 Å². The molecule has 0 heterocycles. The van der Waals surface area contributed by atoms with E-state index in [9.17, 15) is 9.59 Å². The SMILES string of the molecule is C=CC(=O)OCCCCCCCCCOc1ccc(C(=O)Oc2ccc3ccccc3c2)cc1. The lowest BCUT2D eigenvalue weighted by molar-refractivity contribution is -0.137. The topological polar surface area (TPSA) is 61.8 Å². The van der Waals surface area contributed by atoms with Crippen LogP contribution in [0.25, 0.3) is 10.8 Å². The van der Waals surface area contributed by atoms with Gasteiger partial charge in [0.25, 0.3) is 0 Å². The minimum absolute atomic E-state index is 0.351.